The predicted octanol–water partition coefficient (Wildman–Crippen LogP) is 5.05. The number of carbonyl (C=O) groups is 1. The summed E-state index contributed by atoms with van der Waals surface area (Å²) in [6, 6.07) is 17.5. The molecule has 0 bridgehead atoms. The number of amides is 2. The lowest BCUT2D eigenvalue weighted by atomic mass is 9.74. The van der Waals surface area contributed by atoms with E-state index in [1.807, 2.05) is 48.5 Å². The number of piperidine rings is 1. The number of nitrogens with one attached hydrogen (secondary N) is 1. The molecule has 0 saturated carbocycles. The number of aromatic nitrogens is 1. The Morgan fingerprint density at radius 2 is 1.73 bits per heavy atom. The second kappa shape index (κ2) is 9.25. The van der Waals surface area contributed by atoms with E-state index in [1.54, 1.807) is 16.0 Å². The Bertz CT molecular complexity index is 1340. The molecule has 9 heteroatoms. The summed E-state index contributed by atoms with van der Waals surface area (Å²) in [4.78, 5) is 21.4. The number of likely N-dealkylation sites (tertiary alicyclic amines) is 1. The van der Waals surface area contributed by atoms with E-state index in [-0.39, 0.29) is 24.4 Å². The van der Waals surface area contributed by atoms with Crippen LogP contribution in [-0.2, 0) is 5.41 Å². The standard InChI is InChI=1S/C28H29F2N4O2P/c29-28(30)12-16-34(17-28)25-24(20(9-13-31-25)19-5-1-4-8-23(19)37)32-26(35)33-14-10-27(11-15-33)18-36-22-7-3-2-6-21(22)27/h1-9,13H,10-12,14-18,37H2,(H,32,35). The molecular weight excluding hydrogens is 493 g/mol. The van der Waals surface area contributed by atoms with Gasteiger partial charge in [0.1, 0.15) is 5.75 Å². The van der Waals surface area contributed by atoms with Crippen molar-refractivity contribution in [3.05, 3.63) is 66.4 Å². The van der Waals surface area contributed by atoms with Gasteiger partial charge in [0.25, 0.3) is 5.92 Å². The van der Waals surface area contributed by atoms with Crippen LogP contribution in [0, 0.1) is 0 Å². The minimum absolute atomic E-state index is 0.0719. The SMILES string of the molecule is O=C(Nc1c(-c2ccccc2P)ccnc1N1CCC(F)(F)C1)N1CCC2(CC1)COc1ccccc12. The molecule has 3 aliphatic heterocycles. The molecule has 192 valence electrons. The van der Waals surface area contributed by atoms with E-state index in [4.69, 9.17) is 4.74 Å². The molecule has 0 radical (unpaired) electrons. The first kappa shape index (κ1) is 24.1. The van der Waals surface area contributed by atoms with Gasteiger partial charge in [-0.2, -0.15) is 0 Å². The normalized spacial score (nSPS) is 19.5. The molecule has 1 spiro atoms. The zero-order valence-corrected chi connectivity index (χ0v) is 21.6. The Morgan fingerprint density at radius 1 is 0.973 bits per heavy atom. The van der Waals surface area contributed by atoms with E-state index >= 15 is 0 Å². The summed E-state index contributed by atoms with van der Waals surface area (Å²) in [7, 11) is 2.71. The number of carbonyl (C=O) groups excluding carboxylic acids is 1. The Morgan fingerprint density at radius 3 is 2.49 bits per heavy atom. The van der Waals surface area contributed by atoms with Crippen molar-refractivity contribution in [3.63, 3.8) is 0 Å². The van der Waals surface area contributed by atoms with Crippen LogP contribution in [0.5, 0.6) is 5.75 Å². The first-order valence-electron chi connectivity index (χ1n) is 12.6. The van der Waals surface area contributed by atoms with Crippen LogP contribution in [0.2, 0.25) is 0 Å². The number of hydrogen-bond acceptors (Lipinski definition) is 4. The summed E-state index contributed by atoms with van der Waals surface area (Å²) >= 11 is 0. The van der Waals surface area contributed by atoms with Crippen LogP contribution < -0.4 is 20.3 Å². The Balaban J connectivity index is 1.28. The zero-order valence-electron chi connectivity index (χ0n) is 20.4. The van der Waals surface area contributed by atoms with Gasteiger partial charge in [-0.25, -0.2) is 18.6 Å². The van der Waals surface area contributed by atoms with Gasteiger partial charge in [0, 0.05) is 48.8 Å². The van der Waals surface area contributed by atoms with Gasteiger partial charge < -0.3 is 19.9 Å². The van der Waals surface area contributed by atoms with Gasteiger partial charge >= 0.3 is 6.03 Å². The van der Waals surface area contributed by atoms with Gasteiger partial charge in [0.2, 0.25) is 0 Å². The molecule has 3 aromatic rings. The summed E-state index contributed by atoms with van der Waals surface area (Å²) in [5.74, 6) is -1.47. The van der Waals surface area contributed by atoms with Crippen molar-refractivity contribution in [2.75, 3.05) is 43.0 Å². The van der Waals surface area contributed by atoms with Crippen molar-refractivity contribution in [1.82, 2.24) is 9.88 Å². The fraction of sp³-hybridized carbons (Fsp3) is 0.357. The van der Waals surface area contributed by atoms with E-state index in [2.05, 4.69) is 25.6 Å². The fourth-order valence-electron chi connectivity index (χ4n) is 5.76. The number of halogens is 2. The van der Waals surface area contributed by atoms with E-state index < -0.39 is 12.5 Å². The molecule has 0 aliphatic carbocycles. The molecule has 3 aliphatic rings. The van der Waals surface area contributed by atoms with Crippen LogP contribution >= 0.6 is 9.24 Å². The van der Waals surface area contributed by atoms with Crippen molar-refractivity contribution in [1.29, 1.82) is 0 Å². The molecule has 2 fully saturated rings. The van der Waals surface area contributed by atoms with Gasteiger partial charge in [-0.1, -0.05) is 42.5 Å². The average molecular weight is 523 g/mol. The molecule has 2 aromatic carbocycles. The summed E-state index contributed by atoms with van der Waals surface area (Å²) in [6.45, 7) is 1.56. The van der Waals surface area contributed by atoms with E-state index in [9.17, 15) is 13.6 Å². The second-order valence-corrected chi connectivity index (χ2v) is 10.8. The zero-order chi connectivity index (χ0) is 25.6. The highest BCUT2D eigenvalue weighted by Crippen LogP contribution is 2.45. The van der Waals surface area contributed by atoms with Crippen LogP contribution in [0.4, 0.5) is 25.1 Å². The van der Waals surface area contributed by atoms with Crippen molar-refractivity contribution < 1.29 is 18.3 Å². The number of nitrogens with zero attached hydrogens (tertiary/aromatic N) is 3. The quantitative estimate of drug-likeness (QED) is 0.489. The third kappa shape index (κ3) is 4.42. The highest BCUT2D eigenvalue weighted by atomic mass is 31.0. The number of benzene rings is 2. The maximum atomic E-state index is 14.1. The number of para-hydroxylation sites is 1. The van der Waals surface area contributed by atoms with Gasteiger partial charge in [-0.05, 0) is 35.8 Å². The van der Waals surface area contributed by atoms with E-state index in [1.165, 1.54) is 5.56 Å². The molecule has 2 amide bonds. The molecule has 4 heterocycles. The average Bonchev–Trinajstić information content (AvgIpc) is 3.45. The summed E-state index contributed by atoms with van der Waals surface area (Å²) in [6.07, 6.45) is 2.99. The monoisotopic (exact) mass is 522 g/mol. The second-order valence-electron chi connectivity index (χ2n) is 10.2. The summed E-state index contributed by atoms with van der Waals surface area (Å²) in [5.41, 5.74) is 3.27. The lowest BCUT2D eigenvalue weighted by Gasteiger charge is -2.38. The molecule has 37 heavy (non-hydrogen) atoms. The highest BCUT2D eigenvalue weighted by Gasteiger charge is 2.44. The number of rotatable bonds is 3. The predicted molar refractivity (Wildman–Crippen MR) is 144 cm³/mol. The number of anilines is 2. The Labute approximate surface area is 217 Å². The third-order valence-electron chi connectivity index (χ3n) is 7.85. The number of urea groups is 1. The van der Waals surface area contributed by atoms with Gasteiger partial charge in [-0.3, -0.25) is 0 Å². The van der Waals surface area contributed by atoms with Crippen LogP contribution in [-0.4, -0.2) is 54.6 Å². The third-order valence-corrected chi connectivity index (χ3v) is 8.36. The summed E-state index contributed by atoms with van der Waals surface area (Å²) in [5, 5.41) is 4.02. The minimum atomic E-state index is -2.78. The molecule has 1 N–H and O–H groups in total. The van der Waals surface area contributed by atoms with Crippen LogP contribution in [0.25, 0.3) is 11.1 Å². The number of alkyl halides is 2. The first-order chi connectivity index (χ1) is 17.9. The van der Waals surface area contributed by atoms with Gasteiger partial charge in [0.05, 0.1) is 18.8 Å². The largest absolute Gasteiger partial charge is 0.492 e. The topological polar surface area (TPSA) is 57.7 Å². The van der Waals surface area contributed by atoms with Crippen molar-refractivity contribution in [2.45, 2.75) is 30.6 Å². The fourth-order valence-corrected chi connectivity index (χ4v) is 6.12. The molecular formula is C28H29F2N4O2P. The van der Waals surface area contributed by atoms with Crippen molar-refractivity contribution >= 4 is 32.1 Å². The molecule has 1 unspecified atom stereocenters. The molecule has 6 nitrogen and oxygen atoms in total. The maximum Gasteiger partial charge on any atom is 0.321 e. The summed E-state index contributed by atoms with van der Waals surface area (Å²) < 4.78 is 34.2. The van der Waals surface area contributed by atoms with Crippen LogP contribution in [0.15, 0.2) is 60.8 Å². The molecule has 2 saturated heterocycles. The van der Waals surface area contributed by atoms with Crippen molar-refractivity contribution in [2.24, 2.45) is 0 Å². The molecule has 6 rings (SSSR count). The Hall–Kier alpha value is -3.25. The first-order valence-corrected chi connectivity index (χ1v) is 13.2. The van der Waals surface area contributed by atoms with Crippen molar-refractivity contribution in [3.8, 4) is 16.9 Å². The van der Waals surface area contributed by atoms with Gasteiger partial charge in [-0.15, -0.1) is 9.24 Å². The highest BCUT2D eigenvalue weighted by molar-refractivity contribution is 7.28. The number of ether oxygens (including phenoxy) is 1. The van der Waals surface area contributed by atoms with Gasteiger partial charge in [0.15, 0.2) is 5.82 Å². The maximum absolute atomic E-state index is 14.1. The van der Waals surface area contributed by atoms with E-state index in [0.717, 1.165) is 35.0 Å². The molecule has 1 aromatic heterocycles. The van der Waals surface area contributed by atoms with Crippen LogP contribution in [0.1, 0.15) is 24.8 Å². The van der Waals surface area contributed by atoms with E-state index in [0.29, 0.717) is 31.2 Å². The Kier molecular flexibility index (Phi) is 6.03. The molecule has 1 atom stereocenters. The van der Waals surface area contributed by atoms with Crippen LogP contribution in [0.3, 0.4) is 0 Å². The minimum Gasteiger partial charge on any atom is -0.492 e. The smallest absolute Gasteiger partial charge is 0.321 e. The number of pyridine rings is 1. The lowest BCUT2D eigenvalue weighted by molar-refractivity contribution is 0.0257. The number of hydrogen-bond donors (Lipinski definition) is 1. The lowest BCUT2D eigenvalue weighted by Crippen LogP contribution is -2.47. The number of fused-ring (bicyclic) bond motifs is 2.